The van der Waals surface area contributed by atoms with Gasteiger partial charge in [0.05, 0.1) is 5.76 Å². The lowest BCUT2D eigenvalue weighted by Crippen LogP contribution is -2.75. The van der Waals surface area contributed by atoms with Crippen LogP contribution in [0.15, 0.2) is 39.6 Å². The molecule has 0 bridgehead atoms. The Bertz CT molecular complexity index is 1010. The Balaban J connectivity index is 0.00000256. The highest BCUT2D eigenvalue weighted by atomic mass is 32.2. The van der Waals surface area contributed by atoms with E-state index in [4.69, 9.17) is 9.31 Å². The Morgan fingerprint density at radius 3 is 2.60 bits per heavy atom. The molecule has 0 aromatic carbocycles. The molecule has 0 radical (unpaired) electrons. The first-order valence-corrected chi connectivity index (χ1v) is 9.95. The highest BCUT2D eigenvalue weighted by Gasteiger charge is 2.45. The number of carbonyl (C=O) groups excluding carboxylic acids is 1. The van der Waals surface area contributed by atoms with Gasteiger partial charge in [0.2, 0.25) is 0 Å². The molecule has 160 valence electrons. The Morgan fingerprint density at radius 2 is 1.97 bits per heavy atom. The van der Waals surface area contributed by atoms with Crippen LogP contribution in [0.1, 0.15) is 31.7 Å². The Kier molecular flexibility index (Phi) is 5.98. The third kappa shape index (κ3) is 4.23. The molecule has 30 heavy (non-hydrogen) atoms. The van der Waals surface area contributed by atoms with Gasteiger partial charge in [0, 0.05) is 56.5 Å². The van der Waals surface area contributed by atoms with Crippen molar-refractivity contribution in [3.8, 4) is 0 Å². The smallest absolute Gasteiger partial charge is 0.627 e. The Hall–Kier alpha value is -2.76. The second-order valence-corrected chi connectivity index (χ2v) is 8.04. The van der Waals surface area contributed by atoms with E-state index in [0.717, 1.165) is 11.8 Å². The van der Waals surface area contributed by atoms with E-state index in [1.165, 1.54) is 13.1 Å². The number of fused-ring (bicyclic) bond motifs is 2. The van der Waals surface area contributed by atoms with E-state index < -0.39 is 7.11 Å². The van der Waals surface area contributed by atoms with Crippen molar-refractivity contribution in [1.29, 1.82) is 0 Å². The Morgan fingerprint density at radius 1 is 1.23 bits per heavy atom. The van der Waals surface area contributed by atoms with Crippen LogP contribution >= 0.6 is 11.8 Å². The number of hydrogen-bond donors (Lipinski definition) is 1. The summed E-state index contributed by atoms with van der Waals surface area (Å²) in [5.74, 6) is 0.592. The summed E-state index contributed by atoms with van der Waals surface area (Å²) >= 11 is 1.13. The van der Waals surface area contributed by atoms with Gasteiger partial charge >= 0.3 is 18.2 Å². The number of anilines is 1. The third-order valence-corrected chi connectivity index (χ3v) is 5.57. The predicted molar refractivity (Wildman–Crippen MR) is 111 cm³/mol. The highest BCUT2D eigenvalue weighted by Crippen LogP contribution is 2.46. The number of nitrogens with zero attached hydrogens (tertiary/aromatic N) is 3. The van der Waals surface area contributed by atoms with E-state index in [9.17, 15) is 13.4 Å². The zero-order chi connectivity index (χ0) is 20.8. The summed E-state index contributed by atoms with van der Waals surface area (Å²) in [7, 11) is -0.853. The van der Waals surface area contributed by atoms with Gasteiger partial charge in [-0.05, 0) is 30.0 Å². The number of amidine groups is 1. The predicted octanol–water partition coefficient (Wildman–Crippen LogP) is 2.00. The summed E-state index contributed by atoms with van der Waals surface area (Å²) in [6.45, 7) is 1.37. The van der Waals surface area contributed by atoms with Gasteiger partial charge in [0.1, 0.15) is 16.5 Å². The number of aromatic nitrogens is 1. The number of nitrogens with one attached hydrogen (secondary N) is 1. The number of allylic oxidation sites excluding steroid dienone is 2. The molecule has 4 rings (SSSR count). The average molecular weight is 440 g/mol. The number of thioether (sulfide) groups is 1. The molecule has 3 heterocycles. The van der Waals surface area contributed by atoms with Crippen molar-refractivity contribution in [2.45, 2.75) is 26.2 Å². The molecule has 0 unspecified atom stereocenters. The minimum Gasteiger partial charge on any atom is -0.627 e. The van der Waals surface area contributed by atoms with Crippen molar-refractivity contribution < 1.29 is 32.4 Å². The zero-order valence-electron chi connectivity index (χ0n) is 16.6. The standard InChI is InChI=1S/C18H18BF2N4O3S.FH/c1-10(26)23-18-24-13-6-4-5-12-15(11-7-8-14(22-9-11)25(2)3)27-19(20,21)28-16(12)17(13)29-18;/h7-9H,4-6H2,1-3H3;1H/q-1;/p+1. The molecular formula is C18H20BF3N4O3S. The van der Waals surface area contributed by atoms with Crippen molar-refractivity contribution in [3.63, 3.8) is 0 Å². The molecule has 1 amide bonds. The molecule has 1 aliphatic carbocycles. The summed E-state index contributed by atoms with van der Waals surface area (Å²) in [5.41, 5.74) is 1.66. The molecule has 0 fully saturated rings. The van der Waals surface area contributed by atoms with Gasteiger partial charge in [-0.15, -0.1) is 0 Å². The number of aliphatic imine (C=N–C) groups is 1. The second-order valence-electron chi connectivity index (χ2n) is 7.04. The van der Waals surface area contributed by atoms with Crippen molar-refractivity contribution >= 4 is 47.2 Å². The van der Waals surface area contributed by atoms with Crippen molar-refractivity contribution in [1.82, 2.24) is 4.98 Å². The molecule has 1 aromatic heterocycles. The summed E-state index contributed by atoms with van der Waals surface area (Å²) in [6, 6.07) is 3.46. The first kappa shape index (κ1) is 21.9. The SMILES string of the molecule is CC(=O)[NH+]=C1N=C2CCCC3=C(c4ccc(N(C)C)nc4)O[B-](F)(F)OC3=C2S1.F. The molecule has 0 saturated carbocycles. The van der Waals surface area contributed by atoms with E-state index >= 15 is 0 Å². The number of rotatable bonds is 2. The number of hydrogen-bond acceptors (Lipinski definition) is 6. The van der Waals surface area contributed by atoms with E-state index in [0.29, 0.717) is 52.0 Å². The summed E-state index contributed by atoms with van der Waals surface area (Å²) in [4.78, 5) is 25.0. The van der Waals surface area contributed by atoms with Gasteiger partial charge in [-0.25, -0.2) is 14.8 Å². The molecule has 0 saturated heterocycles. The average Bonchev–Trinajstić information content (AvgIpc) is 2.96. The summed E-state index contributed by atoms with van der Waals surface area (Å²) in [6.07, 6.45) is 3.30. The van der Waals surface area contributed by atoms with Crippen LogP contribution in [0.3, 0.4) is 0 Å². The first-order valence-electron chi connectivity index (χ1n) is 9.13. The maximum atomic E-state index is 14.4. The molecule has 7 nitrogen and oxygen atoms in total. The van der Waals surface area contributed by atoms with Crippen LogP contribution in [0, 0.1) is 0 Å². The van der Waals surface area contributed by atoms with E-state index in [1.807, 2.05) is 19.0 Å². The normalized spacial score (nSPS) is 21.0. The first-order chi connectivity index (χ1) is 13.7. The van der Waals surface area contributed by atoms with E-state index in [1.54, 1.807) is 12.1 Å². The minimum atomic E-state index is -4.55. The number of pyridine rings is 1. The van der Waals surface area contributed by atoms with Crippen LogP contribution in [0.2, 0.25) is 0 Å². The second kappa shape index (κ2) is 8.17. The summed E-state index contributed by atoms with van der Waals surface area (Å²) in [5, 5.41) is 0.362. The molecule has 0 atom stereocenters. The third-order valence-electron chi connectivity index (χ3n) is 4.55. The van der Waals surface area contributed by atoms with Crippen LogP contribution in [-0.2, 0) is 14.1 Å². The lowest BCUT2D eigenvalue weighted by Gasteiger charge is -2.38. The molecule has 0 spiro atoms. The van der Waals surface area contributed by atoms with Crippen LogP contribution in [-0.4, -0.2) is 43.0 Å². The topological polar surface area (TPSA) is 78.0 Å². The fourth-order valence-corrected chi connectivity index (χ4v) is 4.40. The van der Waals surface area contributed by atoms with Gasteiger partial charge in [0.25, 0.3) is 0 Å². The van der Waals surface area contributed by atoms with Crippen molar-refractivity contribution in [2.75, 3.05) is 19.0 Å². The van der Waals surface area contributed by atoms with Gasteiger partial charge in [-0.1, -0.05) is 0 Å². The zero-order valence-corrected chi connectivity index (χ0v) is 17.4. The van der Waals surface area contributed by atoms with Gasteiger partial charge < -0.3 is 22.8 Å². The maximum Gasteiger partial charge on any atom is 0.725 e. The van der Waals surface area contributed by atoms with E-state index in [-0.39, 0.29) is 22.1 Å². The fraction of sp³-hybridized carbons (Fsp3) is 0.333. The highest BCUT2D eigenvalue weighted by molar-refractivity contribution is 8.18. The Labute approximate surface area is 175 Å². The molecule has 1 aromatic rings. The molecule has 1 N–H and O–H groups in total. The molecule has 2 aliphatic heterocycles. The maximum absolute atomic E-state index is 14.4. The lowest BCUT2D eigenvalue weighted by molar-refractivity contribution is -0.372. The fourth-order valence-electron chi connectivity index (χ4n) is 3.32. The van der Waals surface area contributed by atoms with Crippen LogP contribution in [0.4, 0.5) is 19.2 Å². The quantitative estimate of drug-likeness (QED) is 0.710. The molecular weight excluding hydrogens is 420 g/mol. The number of amides is 1. The van der Waals surface area contributed by atoms with Crippen LogP contribution < -0.4 is 9.89 Å². The number of carbonyl (C=O) groups is 1. The van der Waals surface area contributed by atoms with Crippen molar-refractivity contribution in [2.24, 2.45) is 4.99 Å². The van der Waals surface area contributed by atoms with Crippen molar-refractivity contribution in [3.05, 3.63) is 40.1 Å². The molecule has 3 aliphatic rings. The van der Waals surface area contributed by atoms with Gasteiger partial charge in [-0.2, -0.15) is 0 Å². The van der Waals surface area contributed by atoms with E-state index in [2.05, 4.69) is 15.0 Å². The van der Waals surface area contributed by atoms with Gasteiger partial charge in [-0.3, -0.25) is 4.70 Å². The van der Waals surface area contributed by atoms with Gasteiger partial charge in [0.15, 0.2) is 5.71 Å². The minimum absolute atomic E-state index is 0. The lowest BCUT2D eigenvalue weighted by atomic mass is 9.98. The number of halogens is 3. The monoisotopic (exact) mass is 440 g/mol. The van der Waals surface area contributed by atoms with Crippen LogP contribution in [0.25, 0.3) is 5.76 Å². The summed E-state index contributed by atoms with van der Waals surface area (Å²) < 4.78 is 38.8. The molecule has 12 heteroatoms. The van der Waals surface area contributed by atoms with Crippen LogP contribution in [0.5, 0.6) is 0 Å². The largest absolute Gasteiger partial charge is 0.725 e.